The molecule has 0 spiro atoms. The van der Waals surface area contributed by atoms with Gasteiger partial charge in [0.05, 0.1) is 11.3 Å². The highest BCUT2D eigenvalue weighted by Crippen LogP contribution is 2.34. The van der Waals surface area contributed by atoms with E-state index in [0.29, 0.717) is 55.4 Å². The van der Waals surface area contributed by atoms with Gasteiger partial charge in [0, 0.05) is 81.6 Å². The Morgan fingerprint density at radius 2 is 1.64 bits per heavy atom. The molecule has 3 aliphatic rings. The predicted octanol–water partition coefficient (Wildman–Crippen LogP) is 4.73. The van der Waals surface area contributed by atoms with Crippen molar-refractivity contribution in [1.82, 2.24) is 19.7 Å². The molecule has 4 heterocycles. The molecule has 0 bridgehead atoms. The van der Waals surface area contributed by atoms with Crippen molar-refractivity contribution in [3.63, 3.8) is 0 Å². The Morgan fingerprint density at radius 3 is 2.24 bits per heavy atom. The number of carbonyl (C=O) groups excluding carboxylic acids is 3. The third-order valence-corrected chi connectivity index (χ3v) is 10.2. The van der Waals surface area contributed by atoms with E-state index in [4.69, 9.17) is 11.6 Å². The quantitative estimate of drug-likeness (QED) is 0.464. The lowest BCUT2D eigenvalue weighted by Gasteiger charge is -2.35. The van der Waals surface area contributed by atoms with Crippen molar-refractivity contribution in [1.29, 1.82) is 0 Å². The third-order valence-electron chi connectivity index (χ3n) is 9.78. The standard InChI is InChI=1S/C33H44ClN5O3/c1-21-6-7-29(16-30(21)34)39(32(41)26-10-13-36(14-11-26)25(5)40)15-9-23(3)37-17-27-19-38(20-28(27)18-37)33(42)31-22(2)8-12-35-24(31)4/h6-8,12,16,23,26-28H,9-11,13-15,17-20H2,1-5H3. The van der Waals surface area contributed by atoms with Crippen LogP contribution < -0.4 is 4.90 Å². The zero-order valence-electron chi connectivity index (χ0n) is 25.6. The summed E-state index contributed by atoms with van der Waals surface area (Å²) in [5.74, 6) is 1.13. The first kappa shape index (κ1) is 30.5. The van der Waals surface area contributed by atoms with Crippen molar-refractivity contribution in [2.75, 3.05) is 50.7 Å². The number of fused-ring (bicyclic) bond motifs is 1. The smallest absolute Gasteiger partial charge is 0.255 e. The Morgan fingerprint density at radius 1 is 0.976 bits per heavy atom. The van der Waals surface area contributed by atoms with Gasteiger partial charge in [-0.25, -0.2) is 0 Å². The van der Waals surface area contributed by atoms with E-state index in [1.54, 1.807) is 13.1 Å². The normalized spacial score (nSPS) is 21.9. The highest BCUT2D eigenvalue weighted by Gasteiger charge is 2.43. The average Bonchev–Trinajstić information content (AvgIpc) is 3.55. The topological polar surface area (TPSA) is 77.1 Å². The van der Waals surface area contributed by atoms with Gasteiger partial charge in [0.15, 0.2) is 0 Å². The Labute approximate surface area is 255 Å². The Bertz CT molecular complexity index is 1310. The molecule has 8 nitrogen and oxygen atoms in total. The summed E-state index contributed by atoms with van der Waals surface area (Å²) in [4.78, 5) is 51.7. The Kier molecular flexibility index (Phi) is 9.23. The molecule has 226 valence electrons. The summed E-state index contributed by atoms with van der Waals surface area (Å²) in [6.07, 6.45) is 3.98. The van der Waals surface area contributed by atoms with E-state index < -0.39 is 0 Å². The molecule has 3 atom stereocenters. The van der Waals surface area contributed by atoms with Crippen LogP contribution in [0.25, 0.3) is 0 Å². The number of hydrogen-bond donors (Lipinski definition) is 0. The molecule has 3 fully saturated rings. The van der Waals surface area contributed by atoms with E-state index in [1.165, 1.54) is 0 Å². The van der Waals surface area contributed by atoms with E-state index in [0.717, 1.165) is 60.7 Å². The van der Waals surface area contributed by atoms with Crippen LogP contribution in [0, 0.1) is 38.5 Å². The van der Waals surface area contributed by atoms with Gasteiger partial charge >= 0.3 is 0 Å². The number of rotatable bonds is 7. The highest BCUT2D eigenvalue weighted by atomic mass is 35.5. The first-order chi connectivity index (χ1) is 20.0. The van der Waals surface area contributed by atoms with Crippen LogP contribution in [-0.4, -0.2) is 89.3 Å². The van der Waals surface area contributed by atoms with Crippen LogP contribution in [0.3, 0.4) is 0 Å². The van der Waals surface area contributed by atoms with Crippen molar-refractivity contribution in [2.24, 2.45) is 17.8 Å². The van der Waals surface area contributed by atoms with Gasteiger partial charge in [-0.15, -0.1) is 0 Å². The summed E-state index contributed by atoms with van der Waals surface area (Å²) in [6, 6.07) is 8.09. The van der Waals surface area contributed by atoms with Gasteiger partial charge in [0.1, 0.15) is 0 Å². The van der Waals surface area contributed by atoms with Crippen molar-refractivity contribution in [3.05, 3.63) is 57.9 Å². The number of pyridine rings is 1. The number of nitrogens with zero attached hydrogens (tertiary/aromatic N) is 5. The number of halogens is 1. The fourth-order valence-corrected chi connectivity index (χ4v) is 7.18. The van der Waals surface area contributed by atoms with E-state index in [9.17, 15) is 14.4 Å². The first-order valence-electron chi connectivity index (χ1n) is 15.3. The predicted molar refractivity (Wildman–Crippen MR) is 166 cm³/mol. The number of anilines is 1. The first-order valence-corrected chi connectivity index (χ1v) is 15.7. The van der Waals surface area contributed by atoms with Crippen molar-refractivity contribution >= 4 is 35.0 Å². The minimum Gasteiger partial charge on any atom is -0.343 e. The van der Waals surface area contributed by atoms with Gasteiger partial charge in [-0.05, 0) is 88.1 Å². The summed E-state index contributed by atoms with van der Waals surface area (Å²) in [7, 11) is 0. The zero-order valence-corrected chi connectivity index (χ0v) is 26.4. The van der Waals surface area contributed by atoms with Crippen LogP contribution in [0.4, 0.5) is 5.69 Å². The number of amides is 3. The summed E-state index contributed by atoms with van der Waals surface area (Å²) in [5.41, 5.74) is 4.35. The number of aryl methyl sites for hydroxylation is 3. The van der Waals surface area contributed by atoms with Crippen molar-refractivity contribution in [2.45, 2.75) is 59.9 Å². The summed E-state index contributed by atoms with van der Waals surface area (Å²) < 4.78 is 0. The molecule has 0 radical (unpaired) electrons. The fourth-order valence-electron chi connectivity index (χ4n) is 7.01. The van der Waals surface area contributed by atoms with E-state index in [2.05, 4.69) is 16.8 Å². The lowest BCUT2D eigenvalue weighted by molar-refractivity contribution is -0.133. The summed E-state index contributed by atoms with van der Waals surface area (Å²) >= 11 is 6.49. The van der Waals surface area contributed by atoms with Gasteiger partial charge in [-0.2, -0.15) is 0 Å². The van der Waals surface area contributed by atoms with Gasteiger partial charge in [0.2, 0.25) is 11.8 Å². The highest BCUT2D eigenvalue weighted by molar-refractivity contribution is 6.31. The van der Waals surface area contributed by atoms with Gasteiger partial charge in [-0.1, -0.05) is 17.7 Å². The number of piperidine rings is 1. The molecule has 3 aliphatic heterocycles. The molecular formula is C33H44ClN5O3. The number of hydrogen-bond acceptors (Lipinski definition) is 5. The maximum atomic E-state index is 13.9. The molecule has 0 saturated carbocycles. The molecule has 3 saturated heterocycles. The SMILES string of the molecule is CC(=O)N1CCC(C(=O)N(CCC(C)N2CC3CN(C(=O)c4c(C)ccnc4C)CC3C2)c2ccc(C)c(Cl)c2)CC1. The zero-order chi connectivity index (χ0) is 30.1. The van der Waals surface area contributed by atoms with E-state index >= 15 is 0 Å². The maximum Gasteiger partial charge on any atom is 0.255 e. The molecule has 2 aromatic rings. The average molecular weight is 594 g/mol. The number of carbonyl (C=O) groups is 3. The van der Waals surface area contributed by atoms with E-state index in [-0.39, 0.29) is 23.6 Å². The molecule has 1 aromatic heterocycles. The van der Waals surface area contributed by atoms with Crippen LogP contribution in [0.15, 0.2) is 30.5 Å². The number of aromatic nitrogens is 1. The van der Waals surface area contributed by atoms with E-state index in [1.807, 2.05) is 59.7 Å². The molecular weight excluding hydrogens is 550 g/mol. The summed E-state index contributed by atoms with van der Waals surface area (Å²) in [6.45, 7) is 15.1. The molecule has 5 rings (SSSR count). The Balaban J connectivity index is 1.20. The third kappa shape index (κ3) is 6.35. The molecule has 42 heavy (non-hydrogen) atoms. The van der Waals surface area contributed by atoms with Gasteiger partial charge < -0.3 is 14.7 Å². The number of benzene rings is 1. The van der Waals surface area contributed by atoms with Crippen LogP contribution in [0.1, 0.15) is 60.3 Å². The lowest BCUT2D eigenvalue weighted by atomic mass is 9.94. The molecule has 0 N–H and O–H groups in total. The minimum atomic E-state index is -0.0993. The van der Waals surface area contributed by atoms with Crippen LogP contribution in [-0.2, 0) is 9.59 Å². The molecule has 3 unspecified atom stereocenters. The lowest BCUT2D eigenvalue weighted by Crippen LogP contribution is -2.45. The number of likely N-dealkylation sites (tertiary alicyclic amines) is 3. The largest absolute Gasteiger partial charge is 0.343 e. The summed E-state index contributed by atoms with van der Waals surface area (Å²) in [5, 5.41) is 0.660. The van der Waals surface area contributed by atoms with Crippen molar-refractivity contribution in [3.8, 4) is 0 Å². The van der Waals surface area contributed by atoms with Crippen LogP contribution >= 0.6 is 11.6 Å². The molecule has 0 aliphatic carbocycles. The minimum absolute atomic E-state index is 0.0714. The molecule has 3 amide bonds. The van der Waals surface area contributed by atoms with Crippen molar-refractivity contribution < 1.29 is 14.4 Å². The second-order valence-corrected chi connectivity index (χ2v) is 13.0. The molecule has 1 aromatic carbocycles. The second kappa shape index (κ2) is 12.7. The Hall–Kier alpha value is -2.97. The van der Waals surface area contributed by atoms with Crippen LogP contribution in [0.5, 0.6) is 0 Å². The fraction of sp³-hybridized carbons (Fsp3) is 0.576. The van der Waals surface area contributed by atoms with Gasteiger partial charge in [0.25, 0.3) is 5.91 Å². The monoisotopic (exact) mass is 593 g/mol. The van der Waals surface area contributed by atoms with Gasteiger partial charge in [-0.3, -0.25) is 24.3 Å². The maximum absolute atomic E-state index is 13.9. The second-order valence-electron chi connectivity index (χ2n) is 12.6. The van der Waals surface area contributed by atoms with Crippen LogP contribution in [0.2, 0.25) is 5.02 Å². The molecule has 9 heteroatoms.